The molecule has 1 aromatic heterocycles. The second-order valence-electron chi connectivity index (χ2n) is 4.54. The summed E-state index contributed by atoms with van der Waals surface area (Å²) in [6.45, 7) is 4.91. The summed E-state index contributed by atoms with van der Waals surface area (Å²) in [6, 6.07) is 0.587. The lowest BCUT2D eigenvalue weighted by Gasteiger charge is -2.15. The summed E-state index contributed by atoms with van der Waals surface area (Å²) in [5, 5.41) is 7.38. The van der Waals surface area contributed by atoms with Crippen molar-refractivity contribution in [3.05, 3.63) is 11.7 Å². The Hall–Kier alpha value is -0.940. The Morgan fingerprint density at radius 2 is 2.31 bits per heavy atom. The van der Waals surface area contributed by atoms with Crippen molar-refractivity contribution in [3.63, 3.8) is 0 Å². The highest BCUT2D eigenvalue weighted by molar-refractivity contribution is 4.84. The van der Waals surface area contributed by atoms with Crippen molar-refractivity contribution in [2.45, 2.75) is 38.8 Å². The van der Waals surface area contributed by atoms with E-state index < -0.39 is 0 Å². The third-order valence-electron chi connectivity index (χ3n) is 3.07. The van der Waals surface area contributed by atoms with E-state index in [9.17, 15) is 0 Å². The maximum absolute atomic E-state index is 4.94. The summed E-state index contributed by atoms with van der Waals surface area (Å²) >= 11 is 0. The van der Waals surface area contributed by atoms with Crippen LogP contribution < -0.4 is 5.32 Å². The third kappa shape index (κ3) is 3.28. The van der Waals surface area contributed by atoms with Gasteiger partial charge < -0.3 is 14.7 Å². The minimum Gasteiger partial charge on any atom is -0.340 e. The van der Waals surface area contributed by atoms with Gasteiger partial charge in [0, 0.05) is 13.0 Å². The molecular weight excluding hydrogens is 204 g/mol. The summed E-state index contributed by atoms with van der Waals surface area (Å²) in [5.41, 5.74) is 0. The number of rotatable bonds is 3. The molecule has 0 aromatic carbocycles. The Morgan fingerprint density at radius 3 is 3.06 bits per heavy atom. The molecule has 1 saturated heterocycles. The minimum absolute atomic E-state index is 0.587. The zero-order chi connectivity index (χ0) is 11.4. The van der Waals surface area contributed by atoms with Crippen LogP contribution in [-0.2, 0) is 6.54 Å². The van der Waals surface area contributed by atoms with Crippen molar-refractivity contribution in [1.82, 2.24) is 20.4 Å². The molecule has 0 spiro atoms. The zero-order valence-electron chi connectivity index (χ0n) is 10.1. The van der Waals surface area contributed by atoms with E-state index in [1.54, 1.807) is 0 Å². The highest BCUT2D eigenvalue weighted by atomic mass is 16.5. The van der Waals surface area contributed by atoms with Gasteiger partial charge >= 0.3 is 0 Å². The standard InChI is InChI=1S/C11H20N4O/c1-9-13-11(14-16-9)8-12-10-4-3-6-15(2)7-5-10/h10,12H,3-8H2,1-2H3. The molecule has 1 aliphatic heterocycles. The first kappa shape index (κ1) is 11.5. The largest absolute Gasteiger partial charge is 0.340 e. The fourth-order valence-electron chi connectivity index (χ4n) is 2.09. The maximum atomic E-state index is 4.94. The third-order valence-corrected chi connectivity index (χ3v) is 3.07. The van der Waals surface area contributed by atoms with Gasteiger partial charge in [-0.15, -0.1) is 0 Å². The number of aromatic nitrogens is 2. The van der Waals surface area contributed by atoms with Gasteiger partial charge in [-0.05, 0) is 39.4 Å². The molecule has 16 heavy (non-hydrogen) atoms. The van der Waals surface area contributed by atoms with E-state index >= 15 is 0 Å². The van der Waals surface area contributed by atoms with Gasteiger partial charge in [0.15, 0.2) is 5.82 Å². The molecule has 5 nitrogen and oxygen atoms in total. The first-order chi connectivity index (χ1) is 7.74. The average Bonchev–Trinajstić information content (AvgIpc) is 2.56. The van der Waals surface area contributed by atoms with Crippen LogP contribution in [0.1, 0.15) is 31.0 Å². The molecular formula is C11H20N4O. The highest BCUT2D eigenvalue weighted by Crippen LogP contribution is 2.10. The van der Waals surface area contributed by atoms with Crippen LogP contribution >= 0.6 is 0 Å². The van der Waals surface area contributed by atoms with Crippen molar-refractivity contribution in [1.29, 1.82) is 0 Å². The van der Waals surface area contributed by atoms with Crippen LogP contribution in [0.25, 0.3) is 0 Å². The predicted octanol–water partition coefficient (Wildman–Crippen LogP) is 0.952. The Bertz CT molecular complexity index is 326. The normalized spacial score (nSPS) is 23.2. The molecule has 0 aliphatic carbocycles. The van der Waals surface area contributed by atoms with Crippen LogP contribution in [-0.4, -0.2) is 41.2 Å². The second-order valence-corrected chi connectivity index (χ2v) is 4.54. The molecule has 90 valence electrons. The Morgan fingerprint density at radius 1 is 1.44 bits per heavy atom. The molecule has 0 amide bonds. The number of nitrogens with zero attached hydrogens (tertiary/aromatic N) is 3. The molecule has 1 aliphatic rings. The summed E-state index contributed by atoms with van der Waals surface area (Å²) in [7, 11) is 2.19. The van der Waals surface area contributed by atoms with Crippen molar-refractivity contribution in [3.8, 4) is 0 Å². The molecule has 1 unspecified atom stereocenters. The average molecular weight is 224 g/mol. The van der Waals surface area contributed by atoms with E-state index in [1.165, 1.54) is 32.4 Å². The number of hydrogen-bond acceptors (Lipinski definition) is 5. The van der Waals surface area contributed by atoms with Gasteiger partial charge in [-0.1, -0.05) is 5.16 Å². The van der Waals surface area contributed by atoms with E-state index in [0.717, 1.165) is 5.82 Å². The van der Waals surface area contributed by atoms with Gasteiger partial charge in [-0.2, -0.15) is 4.98 Å². The SMILES string of the molecule is Cc1nc(CNC2CCCN(C)CC2)no1. The maximum Gasteiger partial charge on any atom is 0.223 e. The van der Waals surface area contributed by atoms with Gasteiger partial charge in [0.25, 0.3) is 0 Å². The van der Waals surface area contributed by atoms with Crippen LogP contribution in [0.15, 0.2) is 4.52 Å². The van der Waals surface area contributed by atoms with Gasteiger partial charge in [0.05, 0.1) is 6.54 Å². The Labute approximate surface area is 96.2 Å². The van der Waals surface area contributed by atoms with Crippen LogP contribution in [0.5, 0.6) is 0 Å². The lowest BCUT2D eigenvalue weighted by Crippen LogP contribution is -2.30. The molecule has 1 aromatic rings. The summed E-state index contributed by atoms with van der Waals surface area (Å²) < 4.78 is 4.94. The molecule has 0 radical (unpaired) electrons. The predicted molar refractivity (Wildman–Crippen MR) is 61.0 cm³/mol. The summed E-state index contributed by atoms with van der Waals surface area (Å²) in [6.07, 6.45) is 3.70. The number of likely N-dealkylation sites (tertiary alicyclic amines) is 1. The van der Waals surface area contributed by atoms with Crippen LogP contribution in [0.4, 0.5) is 0 Å². The molecule has 2 heterocycles. The topological polar surface area (TPSA) is 54.2 Å². The molecule has 5 heteroatoms. The Balaban J connectivity index is 1.77. The van der Waals surface area contributed by atoms with Gasteiger partial charge in [-0.3, -0.25) is 0 Å². The fraction of sp³-hybridized carbons (Fsp3) is 0.818. The molecule has 2 rings (SSSR count). The first-order valence-electron chi connectivity index (χ1n) is 5.95. The lowest BCUT2D eigenvalue weighted by molar-refractivity contribution is 0.342. The minimum atomic E-state index is 0.587. The highest BCUT2D eigenvalue weighted by Gasteiger charge is 2.14. The van der Waals surface area contributed by atoms with E-state index in [-0.39, 0.29) is 0 Å². The van der Waals surface area contributed by atoms with E-state index in [0.29, 0.717) is 18.5 Å². The van der Waals surface area contributed by atoms with Crippen molar-refractivity contribution in [2.24, 2.45) is 0 Å². The fourth-order valence-corrected chi connectivity index (χ4v) is 2.09. The molecule has 0 saturated carbocycles. The van der Waals surface area contributed by atoms with Crippen molar-refractivity contribution >= 4 is 0 Å². The van der Waals surface area contributed by atoms with Gasteiger partial charge in [0.1, 0.15) is 0 Å². The zero-order valence-corrected chi connectivity index (χ0v) is 10.1. The van der Waals surface area contributed by atoms with E-state index in [1.807, 2.05) is 6.92 Å². The number of hydrogen-bond donors (Lipinski definition) is 1. The molecule has 1 N–H and O–H groups in total. The lowest BCUT2D eigenvalue weighted by atomic mass is 10.1. The molecule has 1 atom stereocenters. The smallest absolute Gasteiger partial charge is 0.223 e. The molecule has 1 fully saturated rings. The first-order valence-corrected chi connectivity index (χ1v) is 5.95. The van der Waals surface area contributed by atoms with Crippen LogP contribution in [0.3, 0.4) is 0 Å². The van der Waals surface area contributed by atoms with Gasteiger partial charge in [-0.25, -0.2) is 0 Å². The van der Waals surface area contributed by atoms with Crippen LogP contribution in [0, 0.1) is 6.92 Å². The van der Waals surface area contributed by atoms with Gasteiger partial charge in [0.2, 0.25) is 5.89 Å². The van der Waals surface area contributed by atoms with Crippen LogP contribution in [0.2, 0.25) is 0 Å². The van der Waals surface area contributed by atoms with Crippen molar-refractivity contribution in [2.75, 3.05) is 20.1 Å². The number of nitrogens with one attached hydrogen (secondary N) is 1. The second kappa shape index (κ2) is 5.41. The summed E-state index contributed by atoms with van der Waals surface area (Å²) in [5.74, 6) is 1.40. The monoisotopic (exact) mass is 224 g/mol. The Kier molecular flexibility index (Phi) is 3.90. The van der Waals surface area contributed by atoms with Crippen molar-refractivity contribution < 1.29 is 4.52 Å². The molecule has 0 bridgehead atoms. The summed E-state index contributed by atoms with van der Waals surface area (Å²) in [4.78, 5) is 6.57. The quantitative estimate of drug-likeness (QED) is 0.828. The number of aryl methyl sites for hydroxylation is 1. The van der Waals surface area contributed by atoms with E-state index in [2.05, 4.69) is 27.4 Å². The van der Waals surface area contributed by atoms with E-state index in [4.69, 9.17) is 4.52 Å².